The topological polar surface area (TPSA) is 86.2 Å². The van der Waals surface area contributed by atoms with Gasteiger partial charge < -0.3 is 15.2 Å². The Morgan fingerprint density at radius 3 is 2.36 bits per heavy atom. The molecular formula is C8H12N2O3S. The molecule has 6 heteroatoms. The zero-order chi connectivity index (χ0) is 11.1. The van der Waals surface area contributed by atoms with Crippen LogP contribution in [0.5, 0.6) is 0 Å². The number of hydrogen-bond acceptors (Lipinski definition) is 3. The Morgan fingerprint density at radius 2 is 2.07 bits per heavy atom. The van der Waals surface area contributed by atoms with Crippen molar-refractivity contribution < 1.29 is 15.0 Å². The van der Waals surface area contributed by atoms with Gasteiger partial charge in [0.1, 0.15) is 0 Å². The summed E-state index contributed by atoms with van der Waals surface area (Å²) in [6, 6.07) is 1.94. The number of carboxylic acid groups (broad SMARTS) is 2. The van der Waals surface area contributed by atoms with Crippen molar-refractivity contribution in [1.82, 2.24) is 9.97 Å². The van der Waals surface area contributed by atoms with Crippen molar-refractivity contribution in [2.75, 3.05) is 0 Å². The van der Waals surface area contributed by atoms with Crippen LogP contribution < -0.4 is 0 Å². The monoisotopic (exact) mass is 216 g/mol. The summed E-state index contributed by atoms with van der Waals surface area (Å²) >= 11 is 4.85. The van der Waals surface area contributed by atoms with Gasteiger partial charge in [-0.2, -0.15) is 0 Å². The fourth-order valence-corrected chi connectivity index (χ4v) is 0.898. The van der Waals surface area contributed by atoms with Gasteiger partial charge in [-0.15, -0.1) is 0 Å². The van der Waals surface area contributed by atoms with Crippen molar-refractivity contribution in [3.05, 3.63) is 22.7 Å². The Balaban J connectivity index is 0.000000364. The minimum Gasteiger partial charge on any atom is -0.450 e. The van der Waals surface area contributed by atoms with E-state index in [1.807, 2.05) is 6.07 Å². The average molecular weight is 216 g/mol. The molecule has 1 aromatic rings. The SMILES string of the molecule is CC(C)c1ccnc(=S)[nH]1.O=C(O)O. The van der Waals surface area contributed by atoms with Crippen molar-refractivity contribution in [3.8, 4) is 0 Å². The van der Waals surface area contributed by atoms with Crippen LogP contribution >= 0.6 is 12.2 Å². The van der Waals surface area contributed by atoms with Gasteiger partial charge in [-0.25, -0.2) is 9.78 Å². The molecule has 0 aliphatic heterocycles. The molecule has 14 heavy (non-hydrogen) atoms. The highest BCUT2D eigenvalue weighted by atomic mass is 32.1. The maximum atomic E-state index is 8.56. The lowest BCUT2D eigenvalue weighted by atomic mass is 10.1. The molecule has 0 atom stereocenters. The molecule has 78 valence electrons. The van der Waals surface area contributed by atoms with Gasteiger partial charge in [0.15, 0.2) is 4.77 Å². The number of nitrogens with zero attached hydrogens (tertiary/aromatic N) is 1. The lowest BCUT2D eigenvalue weighted by molar-refractivity contribution is 0.137. The van der Waals surface area contributed by atoms with Crippen molar-refractivity contribution in [2.24, 2.45) is 0 Å². The third kappa shape index (κ3) is 6.13. The molecule has 0 unspecified atom stereocenters. The molecule has 0 fully saturated rings. The maximum Gasteiger partial charge on any atom is 0.503 e. The van der Waals surface area contributed by atoms with Crippen molar-refractivity contribution in [3.63, 3.8) is 0 Å². The van der Waals surface area contributed by atoms with Crippen LogP contribution in [0.3, 0.4) is 0 Å². The lowest BCUT2D eigenvalue weighted by Crippen LogP contribution is -1.92. The molecule has 3 N–H and O–H groups in total. The third-order valence-electron chi connectivity index (χ3n) is 1.32. The van der Waals surface area contributed by atoms with Gasteiger partial charge in [0.25, 0.3) is 0 Å². The number of rotatable bonds is 1. The number of aromatic amines is 1. The molecule has 5 nitrogen and oxygen atoms in total. The first kappa shape index (κ1) is 12.6. The van der Waals surface area contributed by atoms with E-state index in [2.05, 4.69) is 23.8 Å². The zero-order valence-electron chi connectivity index (χ0n) is 7.89. The largest absolute Gasteiger partial charge is 0.503 e. The van der Waals surface area contributed by atoms with Gasteiger partial charge in [0, 0.05) is 11.9 Å². The Labute approximate surface area is 86.4 Å². The Bertz CT molecular complexity index is 344. The summed E-state index contributed by atoms with van der Waals surface area (Å²) in [7, 11) is 0. The van der Waals surface area contributed by atoms with E-state index in [4.69, 9.17) is 27.2 Å². The van der Waals surface area contributed by atoms with Crippen LogP contribution in [0.4, 0.5) is 4.79 Å². The quantitative estimate of drug-likeness (QED) is 0.628. The molecule has 0 aromatic carbocycles. The minimum absolute atomic E-state index is 0.490. The summed E-state index contributed by atoms with van der Waals surface area (Å²) < 4.78 is 0.561. The van der Waals surface area contributed by atoms with Crippen LogP contribution in [0.15, 0.2) is 12.3 Å². The summed E-state index contributed by atoms with van der Waals surface area (Å²) in [5.74, 6) is 0.490. The molecule has 1 aromatic heterocycles. The second-order valence-corrected chi connectivity index (χ2v) is 3.15. The van der Waals surface area contributed by atoms with Crippen molar-refractivity contribution in [2.45, 2.75) is 19.8 Å². The molecule has 1 heterocycles. The fraction of sp³-hybridized carbons (Fsp3) is 0.375. The van der Waals surface area contributed by atoms with E-state index in [9.17, 15) is 0 Å². The second-order valence-electron chi connectivity index (χ2n) is 2.77. The van der Waals surface area contributed by atoms with Crippen LogP contribution in [0, 0.1) is 4.77 Å². The van der Waals surface area contributed by atoms with E-state index in [0.29, 0.717) is 10.7 Å². The predicted octanol–water partition coefficient (Wildman–Crippen LogP) is 2.48. The molecule has 0 aliphatic rings. The maximum absolute atomic E-state index is 8.56. The van der Waals surface area contributed by atoms with E-state index < -0.39 is 6.16 Å². The minimum atomic E-state index is -1.83. The van der Waals surface area contributed by atoms with Gasteiger partial charge in [-0.05, 0) is 24.2 Å². The highest BCUT2D eigenvalue weighted by Gasteiger charge is 1.95. The van der Waals surface area contributed by atoms with E-state index in [1.54, 1.807) is 6.20 Å². The first-order valence-electron chi connectivity index (χ1n) is 3.90. The lowest BCUT2D eigenvalue weighted by Gasteiger charge is -2.02. The fourth-order valence-electron chi connectivity index (χ4n) is 0.719. The molecule has 1 rings (SSSR count). The van der Waals surface area contributed by atoms with Gasteiger partial charge in [0.2, 0.25) is 0 Å². The number of H-pyrrole nitrogens is 1. The molecule has 0 saturated heterocycles. The number of carbonyl (C=O) groups is 1. The zero-order valence-corrected chi connectivity index (χ0v) is 8.71. The van der Waals surface area contributed by atoms with Crippen LogP contribution in [0.2, 0.25) is 0 Å². The van der Waals surface area contributed by atoms with E-state index in [0.717, 1.165) is 5.69 Å². The molecule has 0 aliphatic carbocycles. The Hall–Kier alpha value is -1.43. The summed E-state index contributed by atoms with van der Waals surface area (Å²) in [4.78, 5) is 15.4. The van der Waals surface area contributed by atoms with Gasteiger partial charge in [0.05, 0.1) is 0 Å². The smallest absolute Gasteiger partial charge is 0.450 e. The number of nitrogens with one attached hydrogen (secondary N) is 1. The Morgan fingerprint density at radius 1 is 1.57 bits per heavy atom. The molecule has 0 amide bonds. The van der Waals surface area contributed by atoms with Crippen molar-refractivity contribution in [1.29, 1.82) is 0 Å². The Kier molecular flexibility index (Phi) is 5.47. The summed E-state index contributed by atoms with van der Waals surface area (Å²) in [6.45, 7) is 4.22. The van der Waals surface area contributed by atoms with E-state index >= 15 is 0 Å². The summed E-state index contributed by atoms with van der Waals surface area (Å²) in [5, 5.41) is 13.9. The predicted molar refractivity (Wildman–Crippen MR) is 54.2 cm³/mol. The molecule has 0 saturated carbocycles. The average Bonchev–Trinajstić information content (AvgIpc) is 2.03. The molecule has 0 bridgehead atoms. The number of hydrogen-bond donors (Lipinski definition) is 3. The third-order valence-corrected chi connectivity index (χ3v) is 1.53. The highest BCUT2D eigenvalue weighted by molar-refractivity contribution is 7.71. The molecule has 0 spiro atoms. The van der Waals surface area contributed by atoms with Gasteiger partial charge in [-0.1, -0.05) is 13.8 Å². The number of aromatic nitrogens is 2. The van der Waals surface area contributed by atoms with Gasteiger partial charge >= 0.3 is 6.16 Å². The van der Waals surface area contributed by atoms with E-state index in [-0.39, 0.29) is 0 Å². The normalized spacial score (nSPS) is 9.07. The van der Waals surface area contributed by atoms with Crippen molar-refractivity contribution >= 4 is 18.4 Å². The van der Waals surface area contributed by atoms with Crippen LogP contribution in [-0.2, 0) is 0 Å². The summed E-state index contributed by atoms with van der Waals surface area (Å²) in [5.41, 5.74) is 1.14. The highest BCUT2D eigenvalue weighted by Crippen LogP contribution is 2.08. The molecular weight excluding hydrogens is 204 g/mol. The van der Waals surface area contributed by atoms with Crippen LogP contribution in [0.1, 0.15) is 25.5 Å². The van der Waals surface area contributed by atoms with Crippen LogP contribution in [-0.4, -0.2) is 26.3 Å². The molecule has 0 radical (unpaired) electrons. The summed E-state index contributed by atoms with van der Waals surface area (Å²) in [6.07, 6.45) is -0.103. The van der Waals surface area contributed by atoms with E-state index in [1.165, 1.54) is 0 Å². The first-order chi connectivity index (χ1) is 6.43. The van der Waals surface area contributed by atoms with Crippen LogP contribution in [0.25, 0.3) is 0 Å². The first-order valence-corrected chi connectivity index (χ1v) is 4.31. The van der Waals surface area contributed by atoms with Gasteiger partial charge in [-0.3, -0.25) is 0 Å². The second kappa shape index (κ2) is 6.09. The standard InChI is InChI=1S/C7H10N2S.CH2O3/c1-5(2)6-3-4-8-7(10)9-6;2-1(3)4/h3-5H,1-2H3,(H,8,9,10);(H2,2,3,4).